The molecule has 1 heterocycles. The molecule has 2 N–H and O–H groups in total. The average molecular weight is 343 g/mol. The van der Waals surface area contributed by atoms with Gasteiger partial charge >= 0.3 is 0 Å². The molecule has 0 atom stereocenters. The summed E-state index contributed by atoms with van der Waals surface area (Å²) < 4.78 is 5.37. The van der Waals surface area contributed by atoms with Crippen LogP contribution in [0.5, 0.6) is 5.75 Å². The lowest BCUT2D eigenvalue weighted by molar-refractivity contribution is 0.102. The Morgan fingerprint density at radius 3 is 2.65 bits per heavy atom. The van der Waals surface area contributed by atoms with Crippen molar-refractivity contribution >= 4 is 22.5 Å². The Morgan fingerprint density at radius 1 is 1.00 bits per heavy atom. The molecule has 4 rings (SSSR count). The molecule has 3 aromatic carbocycles. The number of methoxy groups -OCH3 is 1. The Hall–Kier alpha value is -3.60. The number of amides is 1. The number of anilines is 1. The fourth-order valence-electron chi connectivity index (χ4n) is 3.00. The van der Waals surface area contributed by atoms with Gasteiger partial charge in [0.05, 0.1) is 12.8 Å². The van der Waals surface area contributed by atoms with Gasteiger partial charge in [0.15, 0.2) is 5.82 Å². The topological polar surface area (TPSA) is 67.0 Å². The molecule has 5 nitrogen and oxygen atoms in total. The van der Waals surface area contributed by atoms with E-state index in [-0.39, 0.29) is 5.91 Å². The lowest BCUT2D eigenvalue weighted by Crippen LogP contribution is -2.12. The maximum atomic E-state index is 12.7. The third-order valence-electron chi connectivity index (χ3n) is 4.25. The average Bonchev–Trinajstić information content (AvgIpc) is 3.15. The van der Waals surface area contributed by atoms with Crippen molar-refractivity contribution in [3.8, 4) is 17.0 Å². The first-order valence-electron chi connectivity index (χ1n) is 8.24. The lowest BCUT2D eigenvalue weighted by atomic mass is 10.0. The predicted molar refractivity (Wildman–Crippen MR) is 102 cm³/mol. The molecule has 0 spiro atoms. The summed E-state index contributed by atoms with van der Waals surface area (Å²) in [6.07, 6.45) is 0. The first kappa shape index (κ1) is 15.9. The maximum Gasteiger partial charge on any atom is 0.257 e. The number of ether oxygens (including phenoxy) is 1. The Kier molecular flexibility index (Phi) is 4.11. The summed E-state index contributed by atoms with van der Waals surface area (Å²) in [7, 11) is 1.62. The lowest BCUT2D eigenvalue weighted by Gasteiger charge is -2.06. The number of aromatic amines is 1. The van der Waals surface area contributed by atoms with Crippen molar-refractivity contribution in [2.75, 3.05) is 12.4 Å². The minimum absolute atomic E-state index is 0.195. The van der Waals surface area contributed by atoms with Crippen molar-refractivity contribution in [1.82, 2.24) is 10.2 Å². The number of hydrogen-bond acceptors (Lipinski definition) is 3. The summed E-state index contributed by atoms with van der Waals surface area (Å²) in [5.41, 5.74) is 2.27. The van der Waals surface area contributed by atoms with E-state index in [1.54, 1.807) is 13.2 Å². The fourth-order valence-corrected chi connectivity index (χ4v) is 3.00. The van der Waals surface area contributed by atoms with Crippen molar-refractivity contribution in [2.24, 2.45) is 0 Å². The van der Waals surface area contributed by atoms with Crippen LogP contribution in [0.15, 0.2) is 72.8 Å². The van der Waals surface area contributed by atoms with Gasteiger partial charge in [0.1, 0.15) is 5.75 Å². The van der Waals surface area contributed by atoms with Crippen molar-refractivity contribution in [2.45, 2.75) is 0 Å². The highest BCUT2D eigenvalue weighted by Crippen LogP contribution is 2.29. The number of fused-ring (bicyclic) bond motifs is 1. The van der Waals surface area contributed by atoms with Gasteiger partial charge in [-0.15, -0.1) is 0 Å². The number of nitrogens with zero attached hydrogens (tertiary/aromatic N) is 1. The largest absolute Gasteiger partial charge is 0.496 e. The number of carbonyl (C=O) groups is 1. The van der Waals surface area contributed by atoms with Crippen molar-refractivity contribution in [3.05, 3.63) is 78.4 Å². The van der Waals surface area contributed by atoms with Gasteiger partial charge in [-0.05, 0) is 29.0 Å². The van der Waals surface area contributed by atoms with Gasteiger partial charge in [-0.2, -0.15) is 5.10 Å². The van der Waals surface area contributed by atoms with E-state index in [0.717, 1.165) is 27.8 Å². The van der Waals surface area contributed by atoms with Gasteiger partial charge in [0.25, 0.3) is 5.91 Å². The quantitative estimate of drug-likeness (QED) is 0.574. The highest BCUT2D eigenvalue weighted by atomic mass is 16.5. The minimum atomic E-state index is -0.195. The summed E-state index contributed by atoms with van der Waals surface area (Å²) >= 11 is 0. The molecule has 128 valence electrons. The summed E-state index contributed by atoms with van der Waals surface area (Å²) in [6, 6.07) is 22.9. The van der Waals surface area contributed by atoms with Gasteiger partial charge in [-0.1, -0.05) is 48.5 Å². The molecule has 0 saturated carbocycles. The molecule has 0 saturated heterocycles. The summed E-state index contributed by atoms with van der Waals surface area (Å²) in [6.45, 7) is 0. The number of benzene rings is 3. The smallest absolute Gasteiger partial charge is 0.257 e. The van der Waals surface area contributed by atoms with Crippen LogP contribution in [0.1, 0.15) is 10.4 Å². The SMILES string of the molecule is COc1ccccc1-c1cc(NC(=O)c2cccc3ccccc23)n[nH]1. The molecule has 4 aromatic rings. The number of aromatic nitrogens is 2. The number of hydrogen-bond donors (Lipinski definition) is 2. The molecule has 0 aliphatic rings. The third kappa shape index (κ3) is 2.91. The molecule has 26 heavy (non-hydrogen) atoms. The summed E-state index contributed by atoms with van der Waals surface area (Å²) in [5.74, 6) is 1.01. The zero-order valence-corrected chi connectivity index (χ0v) is 14.2. The fraction of sp³-hybridized carbons (Fsp3) is 0.0476. The standard InChI is InChI=1S/C21H17N3O2/c1-26-19-12-5-4-10-17(19)18-13-20(24-23-18)22-21(25)16-11-6-8-14-7-2-3-9-15(14)16/h2-13H,1H3,(H2,22,23,24,25). The van der Waals surface area contributed by atoms with Gasteiger partial charge in [-0.3, -0.25) is 9.89 Å². The van der Waals surface area contributed by atoms with E-state index in [1.165, 1.54) is 0 Å². The number of H-pyrrole nitrogens is 1. The van der Waals surface area contributed by atoms with Crippen LogP contribution in [0.2, 0.25) is 0 Å². The second kappa shape index (κ2) is 6.72. The summed E-state index contributed by atoms with van der Waals surface area (Å²) in [4.78, 5) is 12.7. The van der Waals surface area contributed by atoms with Gasteiger partial charge in [0, 0.05) is 17.2 Å². The van der Waals surface area contributed by atoms with Crippen LogP contribution in [0.3, 0.4) is 0 Å². The molecule has 0 fully saturated rings. The van der Waals surface area contributed by atoms with E-state index in [9.17, 15) is 4.79 Å². The molecule has 1 amide bonds. The maximum absolute atomic E-state index is 12.7. The second-order valence-electron chi connectivity index (χ2n) is 5.85. The van der Waals surface area contributed by atoms with E-state index in [0.29, 0.717) is 11.4 Å². The van der Waals surface area contributed by atoms with Crippen LogP contribution < -0.4 is 10.1 Å². The number of nitrogens with one attached hydrogen (secondary N) is 2. The van der Waals surface area contributed by atoms with Crippen molar-refractivity contribution in [1.29, 1.82) is 0 Å². The Morgan fingerprint density at radius 2 is 1.77 bits per heavy atom. The summed E-state index contributed by atoms with van der Waals surface area (Å²) in [5, 5.41) is 11.9. The van der Waals surface area contributed by atoms with Gasteiger partial charge in [0.2, 0.25) is 0 Å². The van der Waals surface area contributed by atoms with Crippen LogP contribution >= 0.6 is 0 Å². The Balaban J connectivity index is 1.62. The highest BCUT2D eigenvalue weighted by Gasteiger charge is 2.13. The molecule has 0 unspecified atom stereocenters. The molecular weight excluding hydrogens is 326 g/mol. The van der Waals surface area contributed by atoms with Crippen LogP contribution in [-0.4, -0.2) is 23.2 Å². The Labute approximate surface area is 150 Å². The Bertz CT molecular complexity index is 1080. The van der Waals surface area contributed by atoms with Gasteiger partial charge in [-0.25, -0.2) is 0 Å². The van der Waals surface area contributed by atoms with Crippen LogP contribution in [0.25, 0.3) is 22.0 Å². The first-order chi connectivity index (χ1) is 12.8. The van der Waals surface area contributed by atoms with Crippen LogP contribution in [0.4, 0.5) is 5.82 Å². The molecule has 0 aliphatic carbocycles. The van der Waals surface area contributed by atoms with Crippen molar-refractivity contribution < 1.29 is 9.53 Å². The normalized spacial score (nSPS) is 10.7. The minimum Gasteiger partial charge on any atom is -0.496 e. The van der Waals surface area contributed by atoms with Crippen molar-refractivity contribution in [3.63, 3.8) is 0 Å². The third-order valence-corrected chi connectivity index (χ3v) is 4.25. The molecular formula is C21H17N3O2. The number of carbonyl (C=O) groups excluding carboxylic acids is 1. The van der Waals surface area contributed by atoms with E-state index in [1.807, 2.05) is 66.7 Å². The van der Waals surface area contributed by atoms with E-state index >= 15 is 0 Å². The molecule has 0 bridgehead atoms. The zero-order valence-electron chi connectivity index (χ0n) is 14.2. The van der Waals surface area contributed by atoms with E-state index in [2.05, 4.69) is 15.5 Å². The van der Waals surface area contributed by atoms with E-state index in [4.69, 9.17) is 4.74 Å². The zero-order chi connectivity index (χ0) is 17.9. The highest BCUT2D eigenvalue weighted by molar-refractivity contribution is 6.12. The predicted octanol–water partition coefficient (Wildman–Crippen LogP) is 4.49. The van der Waals surface area contributed by atoms with Crippen LogP contribution in [0, 0.1) is 0 Å². The molecule has 0 radical (unpaired) electrons. The molecule has 0 aliphatic heterocycles. The second-order valence-corrected chi connectivity index (χ2v) is 5.85. The molecule has 5 heteroatoms. The van der Waals surface area contributed by atoms with E-state index < -0.39 is 0 Å². The van der Waals surface area contributed by atoms with Gasteiger partial charge < -0.3 is 10.1 Å². The monoisotopic (exact) mass is 343 g/mol. The number of para-hydroxylation sites is 1. The van der Waals surface area contributed by atoms with Crippen LogP contribution in [-0.2, 0) is 0 Å². The first-order valence-corrected chi connectivity index (χ1v) is 8.24. The molecule has 1 aromatic heterocycles. The number of rotatable bonds is 4.